The van der Waals surface area contributed by atoms with E-state index in [-0.39, 0.29) is 13.2 Å². The fourth-order valence-electron chi connectivity index (χ4n) is 2.75. The Morgan fingerprint density at radius 3 is 2.48 bits per heavy atom. The summed E-state index contributed by atoms with van der Waals surface area (Å²) in [5.41, 5.74) is 8.49. The molecular weight excluding hydrogens is 429 g/mol. The predicted molar refractivity (Wildman–Crippen MR) is 120 cm³/mol. The molecule has 0 aliphatic carbocycles. The number of aliphatic hydroxyl groups is 1. The molecular formula is C21H23Cl2N3O2S. The van der Waals surface area contributed by atoms with Gasteiger partial charge in [-0.15, -0.1) is 10.2 Å². The van der Waals surface area contributed by atoms with Gasteiger partial charge in [0.15, 0.2) is 0 Å². The summed E-state index contributed by atoms with van der Waals surface area (Å²) in [7, 11) is 0. The first-order valence-electron chi connectivity index (χ1n) is 9.28. The van der Waals surface area contributed by atoms with Crippen LogP contribution in [0.25, 0.3) is 21.1 Å². The number of aromatic nitrogens is 2. The highest BCUT2D eigenvalue weighted by molar-refractivity contribution is 7.18. The highest BCUT2D eigenvalue weighted by atomic mass is 35.5. The highest BCUT2D eigenvalue weighted by Gasteiger charge is 2.14. The third-order valence-corrected chi connectivity index (χ3v) is 5.89. The molecule has 29 heavy (non-hydrogen) atoms. The molecule has 0 aliphatic heterocycles. The second-order valence-electron chi connectivity index (χ2n) is 7.21. The number of nitrogens with zero attached hydrogens (tertiary/aromatic N) is 2. The molecule has 0 radical (unpaired) electrons. The Morgan fingerprint density at radius 1 is 1.07 bits per heavy atom. The molecule has 0 spiro atoms. The average Bonchev–Trinajstić information content (AvgIpc) is 3.17. The van der Waals surface area contributed by atoms with Gasteiger partial charge >= 0.3 is 0 Å². The van der Waals surface area contributed by atoms with Crippen LogP contribution < -0.4 is 10.5 Å². The molecule has 0 fully saturated rings. The molecule has 1 aromatic heterocycles. The minimum atomic E-state index is -0.432. The van der Waals surface area contributed by atoms with Crippen LogP contribution in [-0.2, 0) is 6.42 Å². The first kappa shape index (κ1) is 22.0. The van der Waals surface area contributed by atoms with E-state index in [0.29, 0.717) is 21.7 Å². The molecule has 8 heteroatoms. The lowest BCUT2D eigenvalue weighted by molar-refractivity contribution is 0.206. The smallest absolute Gasteiger partial charge is 0.149 e. The van der Waals surface area contributed by atoms with Gasteiger partial charge < -0.3 is 15.6 Å². The van der Waals surface area contributed by atoms with Crippen LogP contribution in [0, 0.1) is 5.92 Å². The molecule has 2 aromatic carbocycles. The van der Waals surface area contributed by atoms with Crippen molar-refractivity contribution in [2.24, 2.45) is 11.7 Å². The summed E-state index contributed by atoms with van der Waals surface area (Å²) in [6.07, 6.45) is 0.938. The molecule has 3 N–H and O–H groups in total. The molecule has 5 nitrogen and oxygen atoms in total. The van der Waals surface area contributed by atoms with Gasteiger partial charge in [0.2, 0.25) is 0 Å². The normalized spacial score (nSPS) is 12.4. The van der Waals surface area contributed by atoms with E-state index in [9.17, 15) is 0 Å². The van der Waals surface area contributed by atoms with Gasteiger partial charge in [-0.2, -0.15) is 0 Å². The lowest BCUT2D eigenvalue weighted by Crippen LogP contribution is -2.31. The molecule has 1 atom stereocenters. The van der Waals surface area contributed by atoms with Gasteiger partial charge in [0.1, 0.15) is 22.4 Å². The van der Waals surface area contributed by atoms with E-state index in [1.165, 1.54) is 11.3 Å². The summed E-state index contributed by atoms with van der Waals surface area (Å²) in [4.78, 5) is 0. The monoisotopic (exact) mass is 451 g/mol. The Hall–Kier alpha value is -1.70. The van der Waals surface area contributed by atoms with Crippen molar-refractivity contribution in [3.63, 3.8) is 0 Å². The molecule has 3 aromatic rings. The van der Waals surface area contributed by atoms with E-state index in [0.717, 1.165) is 33.1 Å². The van der Waals surface area contributed by atoms with Crippen LogP contribution in [0.15, 0.2) is 36.4 Å². The van der Waals surface area contributed by atoms with Crippen molar-refractivity contribution < 1.29 is 9.84 Å². The SMILES string of the molecule is CC(C)Cc1ccc(-c2nnc(-c3ccc(OC[C@H](N)CO)cc3Cl)s2)cc1Cl. The third-order valence-electron chi connectivity index (χ3n) is 4.22. The fraction of sp³-hybridized carbons (Fsp3) is 0.333. The van der Waals surface area contributed by atoms with E-state index in [2.05, 4.69) is 30.1 Å². The van der Waals surface area contributed by atoms with E-state index in [1.54, 1.807) is 12.1 Å². The zero-order chi connectivity index (χ0) is 21.0. The number of nitrogens with two attached hydrogens (primary N) is 1. The van der Waals surface area contributed by atoms with Crippen molar-refractivity contribution >= 4 is 34.5 Å². The van der Waals surface area contributed by atoms with E-state index < -0.39 is 6.04 Å². The van der Waals surface area contributed by atoms with Gasteiger partial charge in [-0.1, -0.05) is 60.5 Å². The summed E-state index contributed by atoms with van der Waals surface area (Å²) in [5, 5.41) is 20.3. The predicted octanol–water partition coefficient (Wildman–Crippen LogP) is 5.08. The molecule has 3 rings (SSSR count). The zero-order valence-electron chi connectivity index (χ0n) is 16.2. The van der Waals surface area contributed by atoms with Crippen molar-refractivity contribution in [3.8, 4) is 26.9 Å². The van der Waals surface area contributed by atoms with Crippen LogP contribution in [-0.4, -0.2) is 34.6 Å². The Morgan fingerprint density at radius 2 is 1.83 bits per heavy atom. The quantitative estimate of drug-likeness (QED) is 0.499. The number of hydrogen-bond donors (Lipinski definition) is 2. The lowest BCUT2D eigenvalue weighted by atomic mass is 10.0. The maximum absolute atomic E-state index is 8.97. The van der Waals surface area contributed by atoms with Gasteiger partial charge in [0.05, 0.1) is 17.7 Å². The maximum atomic E-state index is 8.97. The molecule has 0 saturated heterocycles. The largest absolute Gasteiger partial charge is 0.492 e. The highest BCUT2D eigenvalue weighted by Crippen LogP contribution is 2.36. The Labute approximate surface area is 184 Å². The first-order chi connectivity index (χ1) is 13.9. The van der Waals surface area contributed by atoms with Crippen LogP contribution >= 0.6 is 34.5 Å². The van der Waals surface area contributed by atoms with Crippen LogP contribution in [0.5, 0.6) is 5.75 Å². The van der Waals surface area contributed by atoms with Crippen LogP contribution in [0.1, 0.15) is 19.4 Å². The van der Waals surface area contributed by atoms with Crippen molar-refractivity contribution in [1.82, 2.24) is 10.2 Å². The number of aliphatic hydroxyl groups excluding tert-OH is 1. The molecule has 1 heterocycles. The summed E-state index contributed by atoms with van der Waals surface area (Å²) in [6, 6.07) is 10.9. The number of hydrogen-bond acceptors (Lipinski definition) is 6. The van der Waals surface area contributed by atoms with Gasteiger partial charge in [-0.25, -0.2) is 0 Å². The standard InChI is InChI=1S/C21H23Cl2N3O2S/c1-12(2)7-13-3-4-14(8-18(13)22)20-25-26-21(29-20)17-6-5-16(9-19(17)23)28-11-15(24)10-27/h3-6,8-9,12,15,27H,7,10-11,24H2,1-2H3/t15-/m1/s1. The minimum Gasteiger partial charge on any atom is -0.492 e. The van der Waals surface area contributed by atoms with Gasteiger partial charge in [-0.05, 0) is 42.2 Å². The van der Waals surface area contributed by atoms with Crippen molar-refractivity contribution in [3.05, 3.63) is 52.0 Å². The van der Waals surface area contributed by atoms with Crippen molar-refractivity contribution in [1.29, 1.82) is 0 Å². The summed E-state index contributed by atoms with van der Waals surface area (Å²) in [5.74, 6) is 1.12. The van der Waals surface area contributed by atoms with Crippen molar-refractivity contribution in [2.45, 2.75) is 26.3 Å². The number of rotatable bonds is 8. The zero-order valence-corrected chi connectivity index (χ0v) is 18.6. The van der Waals surface area contributed by atoms with Crippen LogP contribution in [0.2, 0.25) is 10.0 Å². The number of benzene rings is 2. The van der Waals surface area contributed by atoms with Gasteiger partial charge in [0.25, 0.3) is 0 Å². The third kappa shape index (κ3) is 5.68. The molecule has 154 valence electrons. The van der Waals surface area contributed by atoms with Crippen LogP contribution in [0.4, 0.5) is 0 Å². The number of halogens is 2. The molecule has 0 unspecified atom stereocenters. The maximum Gasteiger partial charge on any atom is 0.149 e. The first-order valence-corrected chi connectivity index (χ1v) is 10.9. The van der Waals surface area contributed by atoms with Gasteiger partial charge in [0, 0.05) is 16.1 Å². The van der Waals surface area contributed by atoms with E-state index >= 15 is 0 Å². The molecule has 0 bridgehead atoms. The topological polar surface area (TPSA) is 81.3 Å². The van der Waals surface area contributed by atoms with E-state index in [4.69, 9.17) is 38.8 Å². The lowest BCUT2D eigenvalue weighted by Gasteiger charge is -2.11. The van der Waals surface area contributed by atoms with Gasteiger partial charge in [-0.3, -0.25) is 0 Å². The summed E-state index contributed by atoms with van der Waals surface area (Å²) >= 11 is 14.3. The van der Waals surface area contributed by atoms with Crippen LogP contribution in [0.3, 0.4) is 0 Å². The second-order valence-corrected chi connectivity index (χ2v) is 9.00. The Bertz CT molecular complexity index is 978. The molecule has 0 aliphatic rings. The Balaban J connectivity index is 1.78. The van der Waals surface area contributed by atoms with E-state index in [1.807, 2.05) is 18.2 Å². The molecule has 0 amide bonds. The average molecular weight is 452 g/mol. The summed E-state index contributed by atoms with van der Waals surface area (Å²) < 4.78 is 5.54. The second kappa shape index (κ2) is 9.87. The fourth-order valence-corrected chi connectivity index (χ4v) is 4.20. The van der Waals surface area contributed by atoms with Crippen molar-refractivity contribution in [2.75, 3.05) is 13.2 Å². The minimum absolute atomic E-state index is 0.137. The molecule has 0 saturated carbocycles. The summed E-state index contributed by atoms with van der Waals surface area (Å²) in [6.45, 7) is 4.41. The Kier molecular flexibility index (Phi) is 7.49. The number of ether oxygens (including phenoxy) is 1.